The van der Waals surface area contributed by atoms with Crippen molar-refractivity contribution in [2.75, 3.05) is 28.6 Å². The molecule has 2 heterocycles. The summed E-state index contributed by atoms with van der Waals surface area (Å²) in [6, 6.07) is 7.89. The molecular weight excluding hydrogens is 399 g/mol. The van der Waals surface area contributed by atoms with E-state index in [0.717, 1.165) is 24.1 Å². The number of alkyl halides is 3. The molecule has 0 bridgehead atoms. The van der Waals surface area contributed by atoms with E-state index < -0.39 is 18.8 Å². The first kappa shape index (κ1) is 20.0. The topological polar surface area (TPSA) is 86.4 Å². The molecule has 2 aromatic rings. The number of nitrogens with one attached hydrogen (secondary N) is 3. The lowest BCUT2D eigenvalue weighted by atomic mass is 10.1. The lowest BCUT2D eigenvalue weighted by Crippen LogP contribution is -2.36. The van der Waals surface area contributed by atoms with Gasteiger partial charge in [-0.2, -0.15) is 13.2 Å². The van der Waals surface area contributed by atoms with Gasteiger partial charge in [0.15, 0.2) is 0 Å². The van der Waals surface area contributed by atoms with Crippen molar-refractivity contribution in [2.45, 2.75) is 25.4 Å². The van der Waals surface area contributed by atoms with Crippen LogP contribution in [-0.2, 0) is 11.2 Å². The number of carbonyl (C=O) groups excluding carboxylic acids is 2. The van der Waals surface area contributed by atoms with Crippen LogP contribution in [0.15, 0.2) is 36.5 Å². The quantitative estimate of drug-likeness (QED) is 0.688. The highest BCUT2D eigenvalue weighted by atomic mass is 19.4. The maximum atomic E-state index is 12.4. The van der Waals surface area contributed by atoms with Gasteiger partial charge in [-0.1, -0.05) is 12.1 Å². The number of aromatic nitrogens is 1. The Morgan fingerprint density at radius 1 is 1.17 bits per heavy atom. The summed E-state index contributed by atoms with van der Waals surface area (Å²) >= 11 is 0. The second-order valence-corrected chi connectivity index (χ2v) is 7.30. The fraction of sp³-hybridized carbons (Fsp3) is 0.350. The number of halogens is 3. The molecule has 3 N–H and O–H groups in total. The maximum absolute atomic E-state index is 12.4. The van der Waals surface area contributed by atoms with Crippen molar-refractivity contribution in [3.8, 4) is 0 Å². The predicted octanol–water partition coefficient (Wildman–Crippen LogP) is 3.81. The van der Waals surface area contributed by atoms with Crippen LogP contribution in [0.2, 0.25) is 0 Å². The van der Waals surface area contributed by atoms with Crippen LogP contribution in [-0.4, -0.2) is 36.2 Å². The first-order valence-corrected chi connectivity index (χ1v) is 9.58. The molecule has 0 atom stereocenters. The number of carbonyl (C=O) groups is 2. The molecule has 2 aliphatic rings. The number of benzene rings is 1. The van der Waals surface area contributed by atoms with Gasteiger partial charge in [-0.3, -0.25) is 4.79 Å². The highest BCUT2D eigenvalue weighted by Gasteiger charge is 2.31. The third kappa shape index (κ3) is 4.64. The molecular formula is C20H20F3N5O2. The van der Waals surface area contributed by atoms with Crippen molar-refractivity contribution >= 4 is 34.8 Å². The minimum Gasteiger partial charge on any atom is -0.339 e. The number of hydrogen-bond acceptors (Lipinski definition) is 4. The summed E-state index contributed by atoms with van der Waals surface area (Å²) in [6.45, 7) is -0.787. The van der Waals surface area contributed by atoms with Gasteiger partial charge in [0, 0.05) is 30.4 Å². The Morgan fingerprint density at radius 2 is 1.97 bits per heavy atom. The summed E-state index contributed by atoms with van der Waals surface area (Å²) in [4.78, 5) is 30.1. The zero-order valence-corrected chi connectivity index (χ0v) is 15.9. The highest BCUT2D eigenvalue weighted by molar-refractivity contribution is 5.96. The molecule has 10 heteroatoms. The standard InChI is InChI=1S/C20H20F3N5O2/c21-20(22,23)11-25-19(30)26-15-3-1-2-12-7-9-28(17(12)15)14-6-8-24-16(10-14)27-18(29)13-4-5-13/h1-3,6,8,10,13H,4-5,7,9,11H2,(H,24,27,29)(H2,25,26,30). The first-order chi connectivity index (χ1) is 14.3. The Labute approximate surface area is 170 Å². The van der Waals surface area contributed by atoms with E-state index in [2.05, 4.69) is 15.6 Å². The molecule has 0 radical (unpaired) electrons. The van der Waals surface area contributed by atoms with Gasteiger partial charge in [0.05, 0.1) is 11.4 Å². The van der Waals surface area contributed by atoms with Crippen LogP contribution in [0.4, 0.5) is 40.8 Å². The van der Waals surface area contributed by atoms with Gasteiger partial charge in [0.25, 0.3) is 0 Å². The fourth-order valence-corrected chi connectivity index (χ4v) is 3.39. The number of hydrogen-bond donors (Lipinski definition) is 3. The van der Waals surface area contributed by atoms with Gasteiger partial charge in [-0.15, -0.1) is 0 Å². The van der Waals surface area contributed by atoms with Gasteiger partial charge in [-0.25, -0.2) is 9.78 Å². The lowest BCUT2D eigenvalue weighted by molar-refractivity contribution is -0.122. The monoisotopic (exact) mass is 419 g/mol. The number of amides is 3. The van der Waals surface area contributed by atoms with Crippen LogP contribution < -0.4 is 20.9 Å². The number of para-hydroxylation sites is 1. The largest absolute Gasteiger partial charge is 0.405 e. The van der Waals surface area contributed by atoms with Crippen LogP contribution in [0, 0.1) is 5.92 Å². The molecule has 7 nitrogen and oxygen atoms in total. The average Bonchev–Trinajstić information content (AvgIpc) is 3.45. The van der Waals surface area contributed by atoms with Crippen molar-refractivity contribution in [1.29, 1.82) is 0 Å². The molecule has 1 aromatic carbocycles. The predicted molar refractivity (Wildman–Crippen MR) is 106 cm³/mol. The van der Waals surface area contributed by atoms with Crippen molar-refractivity contribution in [2.24, 2.45) is 5.92 Å². The molecule has 1 saturated carbocycles. The van der Waals surface area contributed by atoms with E-state index in [9.17, 15) is 22.8 Å². The number of urea groups is 1. The summed E-state index contributed by atoms with van der Waals surface area (Å²) in [6.07, 6.45) is -0.420. The van der Waals surface area contributed by atoms with Gasteiger partial charge in [0.1, 0.15) is 12.4 Å². The van der Waals surface area contributed by atoms with E-state index in [1.165, 1.54) is 0 Å². The van der Waals surface area contributed by atoms with Crippen molar-refractivity contribution in [3.63, 3.8) is 0 Å². The molecule has 1 aromatic heterocycles. The van der Waals surface area contributed by atoms with Crippen molar-refractivity contribution in [3.05, 3.63) is 42.1 Å². The molecule has 1 aliphatic carbocycles. The van der Waals surface area contributed by atoms with Crippen LogP contribution in [0.5, 0.6) is 0 Å². The molecule has 0 spiro atoms. The Kier molecular flexibility index (Phi) is 5.23. The smallest absolute Gasteiger partial charge is 0.339 e. The Morgan fingerprint density at radius 3 is 2.70 bits per heavy atom. The zero-order chi connectivity index (χ0) is 21.3. The number of nitrogens with zero attached hydrogens (tertiary/aromatic N) is 2. The van der Waals surface area contributed by atoms with Gasteiger partial charge in [-0.05, 0) is 37.0 Å². The zero-order valence-electron chi connectivity index (χ0n) is 15.9. The number of anilines is 4. The van der Waals surface area contributed by atoms with Gasteiger partial charge >= 0.3 is 12.2 Å². The normalized spacial score (nSPS) is 15.5. The number of fused-ring (bicyclic) bond motifs is 1. The molecule has 158 valence electrons. The Balaban J connectivity index is 1.53. The molecule has 1 aliphatic heterocycles. The van der Waals surface area contributed by atoms with Gasteiger partial charge < -0.3 is 20.9 Å². The molecule has 0 unspecified atom stereocenters. The molecule has 1 fully saturated rings. The summed E-state index contributed by atoms with van der Waals surface area (Å²) in [5.41, 5.74) is 2.85. The second kappa shape index (κ2) is 7.85. The highest BCUT2D eigenvalue weighted by Crippen LogP contribution is 2.40. The van der Waals surface area contributed by atoms with Crippen LogP contribution in [0.25, 0.3) is 0 Å². The summed E-state index contributed by atoms with van der Waals surface area (Å²) in [5, 5.41) is 7.13. The summed E-state index contributed by atoms with van der Waals surface area (Å²) in [7, 11) is 0. The van der Waals surface area contributed by atoms with E-state index in [-0.39, 0.29) is 11.8 Å². The maximum Gasteiger partial charge on any atom is 0.405 e. The summed E-state index contributed by atoms with van der Waals surface area (Å²) in [5.74, 6) is 0.436. The second-order valence-electron chi connectivity index (χ2n) is 7.30. The number of pyridine rings is 1. The average molecular weight is 419 g/mol. The molecule has 3 amide bonds. The van der Waals surface area contributed by atoms with E-state index in [0.29, 0.717) is 30.2 Å². The van der Waals surface area contributed by atoms with E-state index in [1.54, 1.807) is 30.5 Å². The van der Waals surface area contributed by atoms with Gasteiger partial charge in [0.2, 0.25) is 5.91 Å². The van der Waals surface area contributed by atoms with Crippen molar-refractivity contribution in [1.82, 2.24) is 10.3 Å². The Bertz CT molecular complexity index is 975. The van der Waals surface area contributed by atoms with E-state index >= 15 is 0 Å². The SMILES string of the molecule is O=C(NCC(F)(F)F)Nc1cccc2c1N(c1ccnc(NC(=O)C3CC3)c1)CC2. The fourth-order valence-electron chi connectivity index (χ4n) is 3.39. The molecule has 0 saturated heterocycles. The van der Waals surface area contributed by atoms with Crippen LogP contribution in [0.3, 0.4) is 0 Å². The molecule has 30 heavy (non-hydrogen) atoms. The first-order valence-electron chi connectivity index (χ1n) is 9.58. The minimum atomic E-state index is -4.49. The minimum absolute atomic E-state index is 0.0500. The van der Waals surface area contributed by atoms with E-state index in [4.69, 9.17) is 0 Å². The Hall–Kier alpha value is -3.30. The van der Waals surface area contributed by atoms with Crippen molar-refractivity contribution < 1.29 is 22.8 Å². The molecule has 4 rings (SSSR count). The van der Waals surface area contributed by atoms with E-state index in [1.807, 2.05) is 16.3 Å². The summed E-state index contributed by atoms with van der Waals surface area (Å²) < 4.78 is 37.1. The lowest BCUT2D eigenvalue weighted by Gasteiger charge is -2.23. The third-order valence-corrected chi connectivity index (χ3v) is 4.95. The number of rotatable bonds is 5. The van der Waals surface area contributed by atoms with Crippen LogP contribution in [0.1, 0.15) is 18.4 Å². The van der Waals surface area contributed by atoms with Crippen LogP contribution >= 0.6 is 0 Å². The third-order valence-electron chi connectivity index (χ3n) is 4.95.